The van der Waals surface area contributed by atoms with Crippen LogP contribution in [0.4, 0.5) is 0 Å². The average Bonchev–Trinajstić information content (AvgIpc) is 2.46. The molecule has 1 unspecified atom stereocenters. The molecule has 3 nitrogen and oxygen atoms in total. The van der Waals surface area contributed by atoms with Gasteiger partial charge >= 0.3 is 0 Å². The summed E-state index contributed by atoms with van der Waals surface area (Å²) < 4.78 is 0. The van der Waals surface area contributed by atoms with Crippen LogP contribution in [0.5, 0.6) is 0 Å². The molecule has 108 valence electrons. The lowest BCUT2D eigenvalue weighted by Gasteiger charge is -2.14. The largest absolute Gasteiger partial charge is 0.395 e. The van der Waals surface area contributed by atoms with Gasteiger partial charge in [0.2, 0.25) is 0 Å². The van der Waals surface area contributed by atoms with E-state index in [1.54, 1.807) is 6.07 Å². The molecule has 1 atom stereocenters. The number of rotatable bonds is 6. The predicted molar refractivity (Wildman–Crippen MR) is 81.5 cm³/mol. The van der Waals surface area contributed by atoms with E-state index in [-0.39, 0.29) is 18.6 Å². The molecule has 2 N–H and O–H groups in total. The van der Waals surface area contributed by atoms with Crippen molar-refractivity contribution < 1.29 is 9.90 Å². The molecule has 0 bridgehead atoms. The standard InChI is InChI=1S/C17H23NO2/c1-3-4-9-14(2)18-17(20)16-12-6-5-10-15(16)11-7-8-13-19/h5-6,10,12,14,19H,3-4,8-9,13H2,1-2H3,(H,18,20). The zero-order valence-corrected chi connectivity index (χ0v) is 12.3. The number of carbonyl (C=O) groups is 1. The predicted octanol–water partition coefficient (Wildman–Crippen LogP) is 2.73. The number of nitrogens with one attached hydrogen (secondary N) is 1. The van der Waals surface area contributed by atoms with Crippen LogP contribution in [0.25, 0.3) is 0 Å². The number of hydrogen-bond donors (Lipinski definition) is 2. The molecule has 0 saturated carbocycles. The molecule has 1 rings (SSSR count). The highest BCUT2D eigenvalue weighted by Gasteiger charge is 2.12. The van der Waals surface area contributed by atoms with Gasteiger partial charge in [0.1, 0.15) is 0 Å². The Balaban J connectivity index is 2.75. The highest BCUT2D eigenvalue weighted by atomic mass is 16.2. The van der Waals surface area contributed by atoms with E-state index in [1.807, 2.05) is 25.1 Å². The first kappa shape index (κ1) is 16.3. The normalized spacial score (nSPS) is 11.3. The third kappa shape index (κ3) is 5.46. The summed E-state index contributed by atoms with van der Waals surface area (Å²) >= 11 is 0. The van der Waals surface area contributed by atoms with Gasteiger partial charge in [-0.05, 0) is 25.5 Å². The molecule has 0 radical (unpaired) electrons. The van der Waals surface area contributed by atoms with E-state index in [0.717, 1.165) is 19.3 Å². The molecule has 0 aliphatic rings. The van der Waals surface area contributed by atoms with Crippen LogP contribution in [0.1, 0.15) is 55.5 Å². The number of aliphatic hydroxyl groups is 1. The van der Waals surface area contributed by atoms with Gasteiger partial charge in [-0.2, -0.15) is 0 Å². The molecular weight excluding hydrogens is 250 g/mol. The van der Waals surface area contributed by atoms with Crippen molar-refractivity contribution in [2.75, 3.05) is 6.61 Å². The van der Waals surface area contributed by atoms with Crippen molar-refractivity contribution in [1.82, 2.24) is 5.32 Å². The molecule has 0 heterocycles. The van der Waals surface area contributed by atoms with Crippen molar-refractivity contribution >= 4 is 5.91 Å². The highest BCUT2D eigenvalue weighted by molar-refractivity contribution is 5.96. The zero-order chi connectivity index (χ0) is 14.8. The van der Waals surface area contributed by atoms with Crippen molar-refractivity contribution in [3.8, 4) is 11.8 Å². The molecule has 20 heavy (non-hydrogen) atoms. The van der Waals surface area contributed by atoms with Gasteiger partial charge in [-0.1, -0.05) is 43.7 Å². The lowest BCUT2D eigenvalue weighted by molar-refractivity contribution is 0.0937. The third-order valence-electron chi connectivity index (χ3n) is 3.00. The lowest BCUT2D eigenvalue weighted by Crippen LogP contribution is -2.32. The Kier molecular flexibility index (Phi) is 7.46. The monoisotopic (exact) mass is 273 g/mol. The number of aliphatic hydroxyl groups excluding tert-OH is 1. The summed E-state index contributed by atoms with van der Waals surface area (Å²) in [6.45, 7) is 4.20. The van der Waals surface area contributed by atoms with Gasteiger partial charge in [0.15, 0.2) is 0 Å². The Morgan fingerprint density at radius 3 is 2.85 bits per heavy atom. The Hall–Kier alpha value is -1.79. The van der Waals surface area contributed by atoms with E-state index in [0.29, 0.717) is 17.5 Å². The van der Waals surface area contributed by atoms with Crippen LogP contribution in [-0.4, -0.2) is 23.7 Å². The maximum absolute atomic E-state index is 12.2. The fourth-order valence-corrected chi connectivity index (χ4v) is 1.89. The summed E-state index contributed by atoms with van der Waals surface area (Å²) in [7, 11) is 0. The van der Waals surface area contributed by atoms with Gasteiger partial charge in [-0.15, -0.1) is 0 Å². The topological polar surface area (TPSA) is 49.3 Å². The SMILES string of the molecule is CCCCC(C)NC(=O)c1ccccc1C#CCCO. The minimum atomic E-state index is -0.0810. The third-order valence-corrected chi connectivity index (χ3v) is 3.00. The molecule has 0 aliphatic carbocycles. The Morgan fingerprint density at radius 2 is 2.15 bits per heavy atom. The maximum Gasteiger partial charge on any atom is 0.252 e. The molecule has 3 heteroatoms. The second-order valence-corrected chi connectivity index (χ2v) is 4.84. The summed E-state index contributed by atoms with van der Waals surface area (Å²) in [6, 6.07) is 7.48. The van der Waals surface area contributed by atoms with Crippen LogP contribution in [-0.2, 0) is 0 Å². The van der Waals surface area contributed by atoms with Crippen LogP contribution in [0.15, 0.2) is 24.3 Å². The van der Waals surface area contributed by atoms with Gasteiger partial charge in [0.05, 0.1) is 12.2 Å². The zero-order valence-electron chi connectivity index (χ0n) is 12.3. The van der Waals surface area contributed by atoms with Crippen molar-refractivity contribution in [2.24, 2.45) is 0 Å². The number of hydrogen-bond acceptors (Lipinski definition) is 2. The number of carbonyl (C=O) groups excluding carboxylic acids is 1. The molecule has 0 saturated heterocycles. The van der Waals surface area contributed by atoms with Crippen LogP contribution >= 0.6 is 0 Å². The summed E-state index contributed by atoms with van der Waals surface area (Å²) in [5.74, 6) is 5.71. The summed E-state index contributed by atoms with van der Waals surface area (Å²) in [5.41, 5.74) is 1.31. The molecule has 1 amide bonds. The van der Waals surface area contributed by atoms with E-state index in [4.69, 9.17) is 5.11 Å². The molecular formula is C17H23NO2. The Labute approximate surface area is 121 Å². The fraction of sp³-hybridized carbons (Fsp3) is 0.471. The first-order valence-electron chi connectivity index (χ1n) is 7.18. The van der Waals surface area contributed by atoms with Gasteiger partial charge in [-0.25, -0.2) is 0 Å². The number of benzene rings is 1. The number of unbranched alkanes of at least 4 members (excludes halogenated alkanes) is 1. The fourth-order valence-electron chi connectivity index (χ4n) is 1.89. The van der Waals surface area contributed by atoms with Crippen LogP contribution in [0.3, 0.4) is 0 Å². The van der Waals surface area contributed by atoms with E-state index >= 15 is 0 Å². The minimum Gasteiger partial charge on any atom is -0.395 e. The second-order valence-electron chi connectivity index (χ2n) is 4.84. The summed E-state index contributed by atoms with van der Waals surface area (Å²) in [4.78, 5) is 12.2. The van der Waals surface area contributed by atoms with Gasteiger partial charge in [0.25, 0.3) is 5.91 Å². The molecule has 1 aromatic carbocycles. The van der Waals surface area contributed by atoms with Gasteiger partial charge in [0, 0.05) is 18.0 Å². The van der Waals surface area contributed by atoms with Gasteiger partial charge in [-0.3, -0.25) is 4.79 Å². The molecule has 0 aliphatic heterocycles. The van der Waals surface area contributed by atoms with Crippen LogP contribution in [0, 0.1) is 11.8 Å². The quantitative estimate of drug-likeness (QED) is 0.783. The van der Waals surface area contributed by atoms with Gasteiger partial charge < -0.3 is 10.4 Å². The Morgan fingerprint density at radius 1 is 1.40 bits per heavy atom. The smallest absolute Gasteiger partial charge is 0.252 e. The van der Waals surface area contributed by atoms with Crippen LogP contribution in [0.2, 0.25) is 0 Å². The molecule has 1 aromatic rings. The van der Waals surface area contributed by atoms with E-state index in [1.165, 1.54) is 0 Å². The van der Waals surface area contributed by atoms with Crippen molar-refractivity contribution in [2.45, 2.75) is 45.6 Å². The van der Waals surface area contributed by atoms with E-state index in [2.05, 4.69) is 24.1 Å². The first-order valence-corrected chi connectivity index (χ1v) is 7.18. The molecule has 0 spiro atoms. The molecule has 0 fully saturated rings. The summed E-state index contributed by atoms with van der Waals surface area (Å²) in [6.07, 6.45) is 3.65. The van der Waals surface area contributed by atoms with Crippen molar-refractivity contribution in [3.05, 3.63) is 35.4 Å². The minimum absolute atomic E-state index is 0.0371. The maximum atomic E-state index is 12.2. The number of amides is 1. The van der Waals surface area contributed by atoms with Crippen molar-refractivity contribution in [3.63, 3.8) is 0 Å². The lowest BCUT2D eigenvalue weighted by atomic mass is 10.1. The van der Waals surface area contributed by atoms with E-state index < -0.39 is 0 Å². The average molecular weight is 273 g/mol. The van der Waals surface area contributed by atoms with E-state index in [9.17, 15) is 4.79 Å². The summed E-state index contributed by atoms with van der Waals surface area (Å²) in [5, 5.41) is 11.7. The Bertz CT molecular complexity index is 485. The first-order chi connectivity index (χ1) is 9.69. The highest BCUT2D eigenvalue weighted by Crippen LogP contribution is 2.09. The second kappa shape index (κ2) is 9.17. The van der Waals surface area contributed by atoms with Crippen molar-refractivity contribution in [1.29, 1.82) is 0 Å². The van der Waals surface area contributed by atoms with Crippen LogP contribution < -0.4 is 5.32 Å². The molecule has 0 aromatic heterocycles.